The molecule has 0 unspecified atom stereocenters. The summed E-state index contributed by atoms with van der Waals surface area (Å²) in [4.78, 5) is 38.8. The molecule has 3 N–H and O–H groups in total. The first kappa shape index (κ1) is 19.6. The average molecular weight is 374 g/mol. The monoisotopic (exact) mass is 374 g/mol. The number of nitrogens with zero attached hydrogens (tertiary/aromatic N) is 1. The second-order valence-electron chi connectivity index (χ2n) is 5.66. The van der Waals surface area contributed by atoms with Gasteiger partial charge in [0, 0.05) is 31.8 Å². The number of thiazole rings is 1. The van der Waals surface area contributed by atoms with Crippen LogP contribution in [0.1, 0.15) is 35.8 Å². The summed E-state index contributed by atoms with van der Waals surface area (Å²) in [6, 6.07) is 9.77. The summed E-state index contributed by atoms with van der Waals surface area (Å²) < 4.78 is 0. The Kier molecular flexibility index (Phi) is 7.75. The standard InChI is InChI=1S/C18H22N4O3S/c1-13(23)19-10-5-11-20-17(25)15-12-26-18(21-15)22-16(24)9-8-14-6-3-2-4-7-14/h2-4,6-7,12H,5,8-11H2,1H3,(H,19,23)(H,20,25)(H,21,22,24). The average Bonchev–Trinajstić information content (AvgIpc) is 3.08. The number of carbonyl (C=O) groups excluding carboxylic acids is 3. The van der Waals surface area contributed by atoms with E-state index in [4.69, 9.17) is 0 Å². The molecule has 2 aromatic rings. The maximum Gasteiger partial charge on any atom is 0.270 e. The lowest BCUT2D eigenvalue weighted by Gasteiger charge is -2.04. The van der Waals surface area contributed by atoms with Gasteiger partial charge < -0.3 is 16.0 Å². The predicted octanol–water partition coefficient (Wildman–Crippen LogP) is 1.97. The number of hydrogen-bond donors (Lipinski definition) is 3. The minimum absolute atomic E-state index is 0.0940. The normalized spacial score (nSPS) is 10.2. The molecule has 138 valence electrons. The number of nitrogens with one attached hydrogen (secondary N) is 3. The third-order valence-corrected chi connectivity index (χ3v) is 4.24. The molecule has 1 aromatic heterocycles. The third-order valence-electron chi connectivity index (χ3n) is 3.48. The van der Waals surface area contributed by atoms with Gasteiger partial charge in [0.2, 0.25) is 11.8 Å². The van der Waals surface area contributed by atoms with Gasteiger partial charge in [0.25, 0.3) is 5.91 Å². The largest absolute Gasteiger partial charge is 0.356 e. The van der Waals surface area contributed by atoms with Crippen molar-refractivity contribution in [3.63, 3.8) is 0 Å². The number of benzene rings is 1. The summed E-state index contributed by atoms with van der Waals surface area (Å²) in [6.45, 7) is 2.40. The fourth-order valence-corrected chi connectivity index (χ4v) is 2.87. The summed E-state index contributed by atoms with van der Waals surface area (Å²) >= 11 is 1.21. The van der Waals surface area contributed by atoms with Crippen molar-refractivity contribution in [2.45, 2.75) is 26.2 Å². The van der Waals surface area contributed by atoms with E-state index < -0.39 is 0 Å². The number of aryl methyl sites for hydroxylation is 1. The number of anilines is 1. The van der Waals surface area contributed by atoms with Crippen LogP contribution in [-0.4, -0.2) is 35.8 Å². The molecule has 0 aliphatic rings. The Labute approximate surface area is 156 Å². The molecule has 8 heteroatoms. The molecule has 0 spiro atoms. The molecular weight excluding hydrogens is 352 g/mol. The number of amides is 3. The van der Waals surface area contributed by atoms with Gasteiger partial charge in [-0.1, -0.05) is 30.3 Å². The third kappa shape index (κ3) is 7.02. The molecular formula is C18H22N4O3S. The van der Waals surface area contributed by atoms with E-state index in [9.17, 15) is 14.4 Å². The molecule has 0 atom stereocenters. The topological polar surface area (TPSA) is 100 Å². The van der Waals surface area contributed by atoms with Crippen molar-refractivity contribution in [3.8, 4) is 0 Å². The van der Waals surface area contributed by atoms with Gasteiger partial charge in [0.05, 0.1) is 0 Å². The first-order valence-electron chi connectivity index (χ1n) is 8.36. The molecule has 0 saturated heterocycles. The smallest absolute Gasteiger partial charge is 0.270 e. The Bertz CT molecular complexity index is 746. The second kappa shape index (κ2) is 10.3. The molecule has 0 fully saturated rings. The van der Waals surface area contributed by atoms with Crippen molar-refractivity contribution < 1.29 is 14.4 Å². The van der Waals surface area contributed by atoms with Crippen molar-refractivity contribution in [2.75, 3.05) is 18.4 Å². The van der Waals surface area contributed by atoms with E-state index in [2.05, 4.69) is 20.9 Å². The highest BCUT2D eigenvalue weighted by Crippen LogP contribution is 2.16. The lowest BCUT2D eigenvalue weighted by molar-refractivity contribution is -0.119. The van der Waals surface area contributed by atoms with Gasteiger partial charge in [-0.25, -0.2) is 4.98 Å². The van der Waals surface area contributed by atoms with Crippen molar-refractivity contribution >= 4 is 34.2 Å². The predicted molar refractivity (Wildman–Crippen MR) is 101 cm³/mol. The van der Waals surface area contributed by atoms with Gasteiger partial charge in [0.15, 0.2) is 5.13 Å². The summed E-state index contributed by atoms with van der Waals surface area (Å²) in [5, 5.41) is 10.1. The number of carbonyl (C=O) groups is 3. The minimum atomic E-state index is -0.297. The van der Waals surface area contributed by atoms with E-state index in [1.54, 1.807) is 5.38 Å². The zero-order valence-corrected chi connectivity index (χ0v) is 15.4. The molecule has 0 aliphatic carbocycles. The van der Waals surface area contributed by atoms with Gasteiger partial charge in [-0.15, -0.1) is 11.3 Å². The van der Waals surface area contributed by atoms with E-state index >= 15 is 0 Å². The maximum atomic E-state index is 12.0. The lowest BCUT2D eigenvalue weighted by Crippen LogP contribution is -2.29. The van der Waals surface area contributed by atoms with Crippen molar-refractivity contribution in [2.24, 2.45) is 0 Å². The van der Waals surface area contributed by atoms with E-state index in [1.165, 1.54) is 18.3 Å². The minimum Gasteiger partial charge on any atom is -0.356 e. The first-order chi connectivity index (χ1) is 12.5. The van der Waals surface area contributed by atoms with Crippen molar-refractivity contribution in [1.29, 1.82) is 0 Å². The number of rotatable bonds is 9. The Morgan fingerprint density at radius 1 is 1.08 bits per heavy atom. The molecule has 2 rings (SSSR count). The molecule has 0 bridgehead atoms. The van der Waals surface area contributed by atoms with Gasteiger partial charge in [0.1, 0.15) is 5.69 Å². The maximum absolute atomic E-state index is 12.0. The zero-order chi connectivity index (χ0) is 18.8. The van der Waals surface area contributed by atoms with Crippen molar-refractivity contribution in [1.82, 2.24) is 15.6 Å². The van der Waals surface area contributed by atoms with Gasteiger partial charge in [-0.3, -0.25) is 14.4 Å². The summed E-state index contributed by atoms with van der Waals surface area (Å²) in [6.07, 6.45) is 1.65. The fraction of sp³-hybridized carbons (Fsp3) is 0.333. The van der Waals surface area contributed by atoms with E-state index in [-0.39, 0.29) is 23.4 Å². The highest BCUT2D eigenvalue weighted by molar-refractivity contribution is 7.14. The highest BCUT2D eigenvalue weighted by Gasteiger charge is 2.12. The Hall–Kier alpha value is -2.74. The van der Waals surface area contributed by atoms with Crippen LogP contribution >= 0.6 is 11.3 Å². The van der Waals surface area contributed by atoms with Crippen LogP contribution in [-0.2, 0) is 16.0 Å². The van der Waals surface area contributed by atoms with E-state index in [1.807, 2.05) is 30.3 Å². The highest BCUT2D eigenvalue weighted by atomic mass is 32.1. The SMILES string of the molecule is CC(=O)NCCCNC(=O)c1csc(NC(=O)CCc2ccccc2)n1. The summed E-state index contributed by atoms with van der Waals surface area (Å²) in [7, 11) is 0. The Morgan fingerprint density at radius 2 is 1.81 bits per heavy atom. The molecule has 26 heavy (non-hydrogen) atoms. The fourth-order valence-electron chi connectivity index (χ4n) is 2.17. The van der Waals surface area contributed by atoms with Crippen LogP contribution < -0.4 is 16.0 Å². The number of aromatic nitrogens is 1. The van der Waals surface area contributed by atoms with Crippen LogP contribution in [0.2, 0.25) is 0 Å². The second-order valence-corrected chi connectivity index (χ2v) is 6.52. The molecule has 0 saturated carbocycles. The van der Waals surface area contributed by atoms with Gasteiger partial charge in [-0.05, 0) is 18.4 Å². The molecule has 7 nitrogen and oxygen atoms in total. The molecule has 0 radical (unpaired) electrons. The molecule has 3 amide bonds. The summed E-state index contributed by atoms with van der Waals surface area (Å²) in [5.41, 5.74) is 1.37. The van der Waals surface area contributed by atoms with Crippen LogP contribution in [0, 0.1) is 0 Å². The molecule has 0 aliphatic heterocycles. The first-order valence-corrected chi connectivity index (χ1v) is 9.24. The van der Waals surface area contributed by atoms with Crippen LogP contribution in [0.25, 0.3) is 0 Å². The van der Waals surface area contributed by atoms with E-state index in [0.29, 0.717) is 37.5 Å². The number of hydrogen-bond acceptors (Lipinski definition) is 5. The van der Waals surface area contributed by atoms with Gasteiger partial charge >= 0.3 is 0 Å². The van der Waals surface area contributed by atoms with Crippen LogP contribution in [0.3, 0.4) is 0 Å². The molecule has 1 aromatic carbocycles. The summed E-state index contributed by atoms with van der Waals surface area (Å²) in [5.74, 6) is -0.525. The van der Waals surface area contributed by atoms with E-state index in [0.717, 1.165) is 5.56 Å². The molecule has 1 heterocycles. The van der Waals surface area contributed by atoms with Crippen LogP contribution in [0.15, 0.2) is 35.7 Å². The Morgan fingerprint density at radius 3 is 2.54 bits per heavy atom. The van der Waals surface area contributed by atoms with Crippen molar-refractivity contribution in [3.05, 3.63) is 47.0 Å². The van der Waals surface area contributed by atoms with Crippen LogP contribution in [0.5, 0.6) is 0 Å². The quantitative estimate of drug-likeness (QED) is 0.584. The zero-order valence-electron chi connectivity index (χ0n) is 14.6. The Balaban J connectivity index is 1.71. The van der Waals surface area contributed by atoms with Crippen LogP contribution in [0.4, 0.5) is 5.13 Å². The van der Waals surface area contributed by atoms with Gasteiger partial charge in [-0.2, -0.15) is 0 Å². The lowest BCUT2D eigenvalue weighted by atomic mass is 10.1.